The highest BCUT2D eigenvalue weighted by atomic mass is 16.6. The van der Waals surface area contributed by atoms with Crippen molar-refractivity contribution in [2.75, 3.05) is 13.2 Å². The van der Waals surface area contributed by atoms with Gasteiger partial charge in [-0.25, -0.2) is 5.90 Å². The average Bonchev–Trinajstić information content (AvgIpc) is 2.03. The van der Waals surface area contributed by atoms with Crippen LogP contribution < -0.4 is 11.2 Å². The molecule has 60 valence electrons. The summed E-state index contributed by atoms with van der Waals surface area (Å²) >= 11 is 0. The van der Waals surface area contributed by atoms with E-state index in [-0.39, 0.29) is 0 Å². The number of nitrogens with one attached hydrogen (secondary N) is 1. The van der Waals surface area contributed by atoms with Crippen molar-refractivity contribution in [2.45, 2.75) is 31.7 Å². The molecule has 0 aliphatic carbocycles. The fourth-order valence-electron chi connectivity index (χ4n) is 1.38. The highest BCUT2D eigenvalue weighted by Crippen LogP contribution is 2.09. The molecule has 0 amide bonds. The normalized spacial score (nSPS) is 26.7. The molecule has 1 aliphatic rings. The van der Waals surface area contributed by atoms with E-state index in [0.717, 1.165) is 13.0 Å². The second-order valence-corrected chi connectivity index (χ2v) is 2.81. The van der Waals surface area contributed by atoms with E-state index < -0.39 is 0 Å². The third-order valence-electron chi connectivity index (χ3n) is 2.00. The van der Waals surface area contributed by atoms with Gasteiger partial charge in [-0.3, -0.25) is 0 Å². The fraction of sp³-hybridized carbons (Fsp3) is 1.00. The first-order valence-electron chi connectivity index (χ1n) is 3.98. The molecule has 1 heterocycles. The molecule has 1 aliphatic heterocycles. The molecule has 10 heavy (non-hydrogen) atoms. The van der Waals surface area contributed by atoms with Crippen LogP contribution in [-0.4, -0.2) is 19.2 Å². The number of nitrogens with two attached hydrogens (primary N) is 1. The number of rotatable bonds is 3. The Morgan fingerprint density at radius 1 is 1.50 bits per heavy atom. The van der Waals surface area contributed by atoms with Crippen LogP contribution in [0.25, 0.3) is 0 Å². The fourth-order valence-corrected chi connectivity index (χ4v) is 1.38. The summed E-state index contributed by atoms with van der Waals surface area (Å²) in [5, 5.41) is 3.42. The van der Waals surface area contributed by atoms with Crippen molar-refractivity contribution < 1.29 is 4.84 Å². The van der Waals surface area contributed by atoms with Gasteiger partial charge in [0.25, 0.3) is 0 Å². The van der Waals surface area contributed by atoms with Crippen LogP contribution in [0.15, 0.2) is 0 Å². The smallest absolute Gasteiger partial charge is 0.0694 e. The molecule has 3 heteroatoms. The monoisotopic (exact) mass is 144 g/mol. The highest BCUT2D eigenvalue weighted by molar-refractivity contribution is 4.71. The van der Waals surface area contributed by atoms with Gasteiger partial charge in [0, 0.05) is 6.04 Å². The molecule has 0 radical (unpaired) electrons. The van der Waals surface area contributed by atoms with Crippen molar-refractivity contribution in [1.82, 2.24) is 5.32 Å². The van der Waals surface area contributed by atoms with E-state index in [1.807, 2.05) is 0 Å². The minimum atomic E-state index is 0.650. The van der Waals surface area contributed by atoms with E-state index in [1.54, 1.807) is 0 Å². The Bertz CT molecular complexity index is 81.7. The zero-order valence-corrected chi connectivity index (χ0v) is 6.31. The first kappa shape index (κ1) is 7.98. The minimum absolute atomic E-state index is 0.650. The van der Waals surface area contributed by atoms with E-state index in [0.29, 0.717) is 12.6 Å². The summed E-state index contributed by atoms with van der Waals surface area (Å²) in [6, 6.07) is 0.650. The Kier molecular flexibility index (Phi) is 3.72. The van der Waals surface area contributed by atoms with E-state index >= 15 is 0 Å². The third kappa shape index (κ3) is 2.64. The maximum absolute atomic E-state index is 4.92. The van der Waals surface area contributed by atoms with Gasteiger partial charge in [-0.2, -0.15) is 0 Å². The largest absolute Gasteiger partial charge is 0.314 e. The van der Waals surface area contributed by atoms with Crippen LogP contribution in [0.2, 0.25) is 0 Å². The molecule has 3 N–H and O–H groups in total. The van der Waals surface area contributed by atoms with E-state index in [9.17, 15) is 0 Å². The van der Waals surface area contributed by atoms with Crippen LogP contribution in [0.1, 0.15) is 25.7 Å². The number of hydrogen-bond donors (Lipinski definition) is 2. The van der Waals surface area contributed by atoms with Crippen LogP contribution in [0, 0.1) is 0 Å². The van der Waals surface area contributed by atoms with Gasteiger partial charge in [0.15, 0.2) is 0 Å². The number of hydrogen-bond acceptors (Lipinski definition) is 3. The Hall–Kier alpha value is -0.120. The summed E-state index contributed by atoms with van der Waals surface area (Å²) < 4.78 is 0. The lowest BCUT2D eigenvalue weighted by atomic mass is 10.0. The molecular formula is C7H16N2O. The zero-order valence-electron chi connectivity index (χ0n) is 6.31. The predicted octanol–water partition coefficient (Wildman–Crippen LogP) is 0.409. The molecule has 1 saturated heterocycles. The van der Waals surface area contributed by atoms with Gasteiger partial charge in [-0.05, 0) is 25.8 Å². The Morgan fingerprint density at radius 3 is 3.00 bits per heavy atom. The van der Waals surface area contributed by atoms with Gasteiger partial charge >= 0.3 is 0 Å². The van der Waals surface area contributed by atoms with Gasteiger partial charge in [-0.15, -0.1) is 0 Å². The van der Waals surface area contributed by atoms with Crippen LogP contribution in [0.4, 0.5) is 0 Å². The molecule has 0 saturated carbocycles. The predicted molar refractivity (Wildman–Crippen MR) is 40.4 cm³/mol. The topological polar surface area (TPSA) is 47.3 Å². The second-order valence-electron chi connectivity index (χ2n) is 2.81. The molecule has 1 rings (SSSR count). The third-order valence-corrected chi connectivity index (χ3v) is 2.00. The minimum Gasteiger partial charge on any atom is -0.314 e. The van der Waals surface area contributed by atoms with Crippen LogP contribution in [-0.2, 0) is 4.84 Å². The first-order chi connectivity index (χ1) is 4.93. The van der Waals surface area contributed by atoms with Crippen LogP contribution in [0.3, 0.4) is 0 Å². The standard InChI is InChI=1S/C7H16N2O/c8-10-6-4-7-3-1-2-5-9-7/h7,9H,1-6,8H2. The molecule has 0 bridgehead atoms. The van der Waals surface area contributed by atoms with Crippen molar-refractivity contribution in [2.24, 2.45) is 5.90 Å². The van der Waals surface area contributed by atoms with E-state index in [2.05, 4.69) is 10.2 Å². The molecule has 0 aromatic carbocycles. The van der Waals surface area contributed by atoms with Gasteiger partial charge in [0.1, 0.15) is 0 Å². The van der Waals surface area contributed by atoms with Crippen molar-refractivity contribution in [3.8, 4) is 0 Å². The van der Waals surface area contributed by atoms with E-state index in [4.69, 9.17) is 5.90 Å². The maximum atomic E-state index is 4.92. The first-order valence-corrected chi connectivity index (χ1v) is 3.98. The average molecular weight is 144 g/mol. The summed E-state index contributed by atoms with van der Waals surface area (Å²) in [5.74, 6) is 4.92. The van der Waals surface area contributed by atoms with Crippen molar-refractivity contribution >= 4 is 0 Å². The van der Waals surface area contributed by atoms with Crippen LogP contribution in [0.5, 0.6) is 0 Å². The molecule has 1 atom stereocenters. The van der Waals surface area contributed by atoms with Crippen molar-refractivity contribution in [1.29, 1.82) is 0 Å². The Labute approximate surface area is 61.9 Å². The van der Waals surface area contributed by atoms with Crippen LogP contribution >= 0.6 is 0 Å². The SMILES string of the molecule is NOCCC1CCCCN1. The summed E-state index contributed by atoms with van der Waals surface area (Å²) in [7, 11) is 0. The molecule has 1 fully saturated rings. The highest BCUT2D eigenvalue weighted by Gasteiger charge is 2.10. The molecule has 0 spiro atoms. The van der Waals surface area contributed by atoms with E-state index in [1.165, 1.54) is 19.3 Å². The maximum Gasteiger partial charge on any atom is 0.0694 e. The summed E-state index contributed by atoms with van der Waals surface area (Å²) in [4.78, 5) is 4.50. The zero-order chi connectivity index (χ0) is 7.23. The quantitative estimate of drug-likeness (QED) is 0.564. The lowest BCUT2D eigenvalue weighted by Crippen LogP contribution is -2.35. The van der Waals surface area contributed by atoms with Gasteiger partial charge < -0.3 is 10.2 Å². The van der Waals surface area contributed by atoms with Crippen molar-refractivity contribution in [3.63, 3.8) is 0 Å². The van der Waals surface area contributed by atoms with Crippen molar-refractivity contribution in [3.05, 3.63) is 0 Å². The van der Waals surface area contributed by atoms with Gasteiger partial charge in [-0.1, -0.05) is 6.42 Å². The Morgan fingerprint density at radius 2 is 2.40 bits per heavy atom. The summed E-state index contributed by atoms with van der Waals surface area (Å²) in [6.45, 7) is 1.84. The molecule has 3 nitrogen and oxygen atoms in total. The summed E-state index contributed by atoms with van der Waals surface area (Å²) in [6.07, 6.45) is 5.00. The van der Waals surface area contributed by atoms with Gasteiger partial charge in [0.2, 0.25) is 0 Å². The molecule has 0 aromatic heterocycles. The second kappa shape index (κ2) is 4.66. The molecular weight excluding hydrogens is 128 g/mol. The number of piperidine rings is 1. The summed E-state index contributed by atoms with van der Waals surface area (Å²) in [5.41, 5.74) is 0. The Balaban J connectivity index is 2.02. The van der Waals surface area contributed by atoms with Gasteiger partial charge in [0.05, 0.1) is 6.61 Å². The lowest BCUT2D eigenvalue weighted by molar-refractivity contribution is 0.124. The molecule has 1 unspecified atom stereocenters. The lowest BCUT2D eigenvalue weighted by Gasteiger charge is -2.22. The molecule has 0 aromatic rings.